The third-order valence-corrected chi connectivity index (χ3v) is 2.68. The zero-order valence-corrected chi connectivity index (χ0v) is 10.9. The molecule has 0 saturated heterocycles. The van der Waals surface area contributed by atoms with E-state index in [0.29, 0.717) is 17.7 Å². The molecule has 4 heteroatoms. The van der Waals surface area contributed by atoms with Crippen molar-refractivity contribution in [2.45, 2.75) is 27.2 Å². The van der Waals surface area contributed by atoms with Crippen molar-refractivity contribution in [3.05, 3.63) is 29.8 Å². The zero-order valence-electron chi connectivity index (χ0n) is 10.9. The van der Waals surface area contributed by atoms with Crippen molar-refractivity contribution in [2.24, 2.45) is 5.41 Å². The van der Waals surface area contributed by atoms with Gasteiger partial charge in [0.15, 0.2) is 5.78 Å². The van der Waals surface area contributed by atoms with Crippen molar-refractivity contribution in [3.8, 4) is 5.75 Å². The molecule has 0 aliphatic rings. The van der Waals surface area contributed by atoms with Gasteiger partial charge in [0.2, 0.25) is 0 Å². The Hall–Kier alpha value is -1.84. The smallest absolute Gasteiger partial charge is 0.312 e. The number of aliphatic carboxylic acids is 1. The van der Waals surface area contributed by atoms with Crippen LogP contribution in [0.5, 0.6) is 5.75 Å². The average Bonchev–Trinajstić information content (AvgIpc) is 2.35. The summed E-state index contributed by atoms with van der Waals surface area (Å²) in [6.07, 6.45) is 0.392. The number of ketones is 1. The Bertz CT molecular complexity index is 449. The highest BCUT2D eigenvalue weighted by Gasteiger charge is 2.28. The van der Waals surface area contributed by atoms with Crippen molar-refractivity contribution >= 4 is 11.8 Å². The summed E-state index contributed by atoms with van der Waals surface area (Å²) < 4.78 is 5.48. The van der Waals surface area contributed by atoms with Gasteiger partial charge in [-0.1, -0.05) is 19.1 Å². The van der Waals surface area contributed by atoms with Crippen LogP contribution in [0.15, 0.2) is 24.3 Å². The standard InChI is InChI=1S/C14H18O4/c1-4-11(15)10-7-5-6-8-12(10)18-9-14(2,3)13(16)17/h5-8H,4,9H2,1-3H3,(H,16,17). The van der Waals surface area contributed by atoms with E-state index >= 15 is 0 Å². The monoisotopic (exact) mass is 250 g/mol. The van der Waals surface area contributed by atoms with Crippen LogP contribution < -0.4 is 4.74 Å². The number of hydrogen-bond donors (Lipinski definition) is 1. The molecule has 0 amide bonds. The summed E-state index contributed by atoms with van der Waals surface area (Å²) in [7, 11) is 0. The van der Waals surface area contributed by atoms with Crippen LogP contribution in [-0.4, -0.2) is 23.5 Å². The molecule has 1 aromatic carbocycles. The molecule has 1 rings (SSSR count). The summed E-state index contributed by atoms with van der Waals surface area (Å²) in [6, 6.07) is 6.89. The number of carbonyl (C=O) groups excluding carboxylic acids is 1. The summed E-state index contributed by atoms with van der Waals surface area (Å²) in [5, 5.41) is 9.00. The summed E-state index contributed by atoms with van der Waals surface area (Å²) in [5.41, 5.74) is -0.483. The quantitative estimate of drug-likeness (QED) is 0.788. The number of rotatable bonds is 6. The number of Topliss-reactive ketones (excluding diaryl/α,β-unsaturated/α-hetero) is 1. The van der Waals surface area contributed by atoms with Crippen LogP contribution in [-0.2, 0) is 4.79 Å². The fourth-order valence-corrected chi connectivity index (χ4v) is 1.33. The van der Waals surface area contributed by atoms with Crippen molar-refractivity contribution in [1.29, 1.82) is 0 Å². The van der Waals surface area contributed by atoms with Crippen molar-refractivity contribution in [1.82, 2.24) is 0 Å². The molecule has 0 fully saturated rings. The van der Waals surface area contributed by atoms with Crippen molar-refractivity contribution < 1.29 is 19.4 Å². The molecular formula is C14H18O4. The lowest BCUT2D eigenvalue weighted by molar-refractivity contribution is -0.148. The first kappa shape index (κ1) is 14.2. The maximum atomic E-state index is 11.7. The van der Waals surface area contributed by atoms with Crippen LogP contribution in [0.3, 0.4) is 0 Å². The van der Waals surface area contributed by atoms with E-state index in [4.69, 9.17) is 9.84 Å². The largest absolute Gasteiger partial charge is 0.492 e. The topological polar surface area (TPSA) is 63.6 Å². The van der Waals surface area contributed by atoms with E-state index in [1.54, 1.807) is 45.0 Å². The van der Waals surface area contributed by atoms with Gasteiger partial charge in [-0.25, -0.2) is 0 Å². The first-order chi connectivity index (χ1) is 8.38. The predicted octanol–water partition coefficient (Wildman–Crippen LogP) is 2.77. The number of benzene rings is 1. The lowest BCUT2D eigenvalue weighted by atomic mass is 9.95. The normalized spacial score (nSPS) is 11.1. The summed E-state index contributed by atoms with van der Waals surface area (Å²) in [5.74, 6) is -0.501. The minimum Gasteiger partial charge on any atom is -0.492 e. The molecule has 0 unspecified atom stereocenters. The first-order valence-corrected chi connectivity index (χ1v) is 5.87. The van der Waals surface area contributed by atoms with Crippen LogP contribution in [0, 0.1) is 5.41 Å². The number of ether oxygens (including phenoxy) is 1. The second-order valence-electron chi connectivity index (χ2n) is 4.75. The van der Waals surface area contributed by atoms with Crippen LogP contribution in [0.25, 0.3) is 0 Å². The molecule has 0 aliphatic carbocycles. The number of para-hydroxylation sites is 1. The Balaban J connectivity index is 2.86. The highest BCUT2D eigenvalue weighted by molar-refractivity contribution is 5.98. The van der Waals surface area contributed by atoms with Gasteiger partial charge in [-0.2, -0.15) is 0 Å². The van der Waals surface area contributed by atoms with Gasteiger partial charge in [-0.3, -0.25) is 9.59 Å². The van der Waals surface area contributed by atoms with E-state index < -0.39 is 11.4 Å². The SMILES string of the molecule is CCC(=O)c1ccccc1OCC(C)(C)C(=O)O. The Kier molecular flexibility index (Phi) is 4.48. The van der Waals surface area contributed by atoms with Crippen LogP contribution >= 0.6 is 0 Å². The van der Waals surface area contributed by atoms with E-state index in [-0.39, 0.29) is 12.4 Å². The molecule has 18 heavy (non-hydrogen) atoms. The third-order valence-electron chi connectivity index (χ3n) is 2.68. The van der Waals surface area contributed by atoms with Gasteiger partial charge in [0.25, 0.3) is 0 Å². The van der Waals surface area contributed by atoms with Crippen LogP contribution in [0.4, 0.5) is 0 Å². The molecule has 0 bridgehead atoms. The lowest BCUT2D eigenvalue weighted by Gasteiger charge is -2.20. The van der Waals surface area contributed by atoms with Crippen molar-refractivity contribution in [3.63, 3.8) is 0 Å². The minimum atomic E-state index is -0.984. The van der Waals surface area contributed by atoms with Gasteiger partial charge in [0, 0.05) is 6.42 Å². The fourth-order valence-electron chi connectivity index (χ4n) is 1.33. The highest BCUT2D eigenvalue weighted by Crippen LogP contribution is 2.23. The number of hydrogen-bond acceptors (Lipinski definition) is 3. The second-order valence-corrected chi connectivity index (χ2v) is 4.75. The van der Waals surface area contributed by atoms with Gasteiger partial charge < -0.3 is 9.84 Å². The van der Waals surface area contributed by atoms with Crippen molar-refractivity contribution in [2.75, 3.05) is 6.61 Å². The van der Waals surface area contributed by atoms with E-state index in [1.807, 2.05) is 0 Å². The molecule has 1 N–H and O–H groups in total. The molecule has 0 radical (unpaired) electrons. The third kappa shape index (κ3) is 3.32. The molecule has 98 valence electrons. The van der Waals surface area contributed by atoms with E-state index in [0.717, 1.165) is 0 Å². The van der Waals surface area contributed by atoms with Crippen LogP contribution in [0.2, 0.25) is 0 Å². The molecule has 0 spiro atoms. The summed E-state index contributed by atoms with van der Waals surface area (Å²) in [4.78, 5) is 22.7. The zero-order chi connectivity index (χ0) is 13.8. The molecule has 0 atom stereocenters. The van der Waals surface area contributed by atoms with Gasteiger partial charge in [0.1, 0.15) is 12.4 Å². The predicted molar refractivity (Wildman–Crippen MR) is 68.0 cm³/mol. The van der Waals surface area contributed by atoms with Gasteiger partial charge in [0.05, 0.1) is 11.0 Å². The molecule has 4 nitrogen and oxygen atoms in total. The maximum Gasteiger partial charge on any atom is 0.312 e. The molecule has 0 saturated carbocycles. The summed E-state index contributed by atoms with van der Waals surface area (Å²) in [6.45, 7) is 4.97. The van der Waals surface area contributed by atoms with Gasteiger partial charge >= 0.3 is 5.97 Å². The average molecular weight is 250 g/mol. The second kappa shape index (κ2) is 5.67. The Morgan fingerprint density at radius 3 is 2.44 bits per heavy atom. The maximum absolute atomic E-state index is 11.7. The number of carboxylic acid groups (broad SMARTS) is 1. The Labute approximate surface area is 107 Å². The number of carboxylic acids is 1. The Morgan fingerprint density at radius 1 is 1.28 bits per heavy atom. The van der Waals surface area contributed by atoms with Gasteiger partial charge in [-0.15, -0.1) is 0 Å². The summed E-state index contributed by atoms with van der Waals surface area (Å²) >= 11 is 0. The van der Waals surface area contributed by atoms with E-state index in [2.05, 4.69) is 0 Å². The number of carbonyl (C=O) groups is 2. The molecule has 1 aromatic rings. The molecule has 0 heterocycles. The minimum absolute atomic E-state index is 0.0151. The van der Waals surface area contributed by atoms with Crippen LogP contribution in [0.1, 0.15) is 37.6 Å². The first-order valence-electron chi connectivity index (χ1n) is 5.87. The van der Waals surface area contributed by atoms with E-state index in [1.165, 1.54) is 0 Å². The van der Waals surface area contributed by atoms with E-state index in [9.17, 15) is 9.59 Å². The molecular weight excluding hydrogens is 232 g/mol. The lowest BCUT2D eigenvalue weighted by Crippen LogP contribution is -2.31. The molecule has 0 aromatic heterocycles. The Morgan fingerprint density at radius 2 is 1.89 bits per heavy atom. The van der Waals surface area contributed by atoms with Gasteiger partial charge in [-0.05, 0) is 26.0 Å². The molecule has 0 aliphatic heterocycles. The highest BCUT2D eigenvalue weighted by atomic mass is 16.5. The fraction of sp³-hybridized carbons (Fsp3) is 0.429.